The topological polar surface area (TPSA) is 297 Å². The molecule has 0 aliphatic carbocycles. The van der Waals surface area contributed by atoms with E-state index in [1.807, 2.05) is 32.0 Å². The quantitative estimate of drug-likeness (QED) is 0.0225. The number of hydrogen-bond acceptors (Lipinski definition) is 16. The van der Waals surface area contributed by atoms with Crippen molar-refractivity contribution in [3.05, 3.63) is 216 Å². The number of H-pyrrole nitrogens is 3. The molecule has 0 spiro atoms. The van der Waals surface area contributed by atoms with Crippen molar-refractivity contribution in [1.82, 2.24) is 55.5 Å². The Kier molecular flexibility index (Phi) is 21.8. The number of rotatable bonds is 18. The third-order valence-corrected chi connectivity index (χ3v) is 15.6. The van der Waals surface area contributed by atoms with Crippen LogP contribution in [0.15, 0.2) is 165 Å². The van der Waals surface area contributed by atoms with Gasteiger partial charge in [0.2, 0.25) is 0 Å². The molecule has 25 heteroatoms. The molecule has 2 amide bonds. The molecular weight excluding hydrogens is 1270 g/mol. The van der Waals surface area contributed by atoms with Crippen molar-refractivity contribution in [2.24, 2.45) is 0 Å². The molecule has 97 heavy (non-hydrogen) atoms. The molecule has 0 radical (unpaired) electrons. The van der Waals surface area contributed by atoms with Crippen molar-refractivity contribution in [3.63, 3.8) is 0 Å². The lowest BCUT2D eigenvalue weighted by molar-refractivity contribution is -0.135. The molecule has 0 aliphatic rings. The number of aromatic amines is 3. The van der Waals surface area contributed by atoms with Gasteiger partial charge in [-0.1, -0.05) is 41.5 Å². The molecule has 0 aliphatic heterocycles. The number of methoxy groups -OCH3 is 1. The molecule has 9 heterocycles. The van der Waals surface area contributed by atoms with Crippen molar-refractivity contribution in [3.8, 4) is 33.8 Å². The minimum Gasteiger partial charge on any atom is -0.463 e. The monoisotopic (exact) mass is 1330 g/mol. The first kappa shape index (κ1) is 69.4. The molecule has 3 aromatic carbocycles. The van der Waals surface area contributed by atoms with Crippen LogP contribution in [0, 0.1) is 17.5 Å². The van der Waals surface area contributed by atoms with E-state index in [2.05, 4.69) is 104 Å². The van der Waals surface area contributed by atoms with Crippen molar-refractivity contribution < 1.29 is 46.7 Å². The van der Waals surface area contributed by atoms with Gasteiger partial charge in [0.05, 0.1) is 74.1 Å². The number of carbonyl (C=O) groups is 6. The first-order valence-corrected chi connectivity index (χ1v) is 30.3. The third kappa shape index (κ3) is 15.4. The second kappa shape index (κ2) is 30.4. The van der Waals surface area contributed by atoms with E-state index in [4.69, 9.17) is 0 Å². The van der Waals surface area contributed by atoms with Crippen LogP contribution in [0.3, 0.4) is 0 Å². The number of anilines is 6. The molecule has 494 valence electrons. The molecule has 8 N–H and O–H groups in total. The lowest BCUT2D eigenvalue weighted by Crippen LogP contribution is -2.27. The van der Waals surface area contributed by atoms with Gasteiger partial charge in [-0.2, -0.15) is 0 Å². The van der Waals surface area contributed by atoms with Crippen LogP contribution in [0.1, 0.15) is 107 Å². The van der Waals surface area contributed by atoms with Gasteiger partial charge in [0.15, 0.2) is 0 Å². The van der Waals surface area contributed by atoms with Crippen LogP contribution < -0.4 is 26.6 Å². The minimum atomic E-state index is -0.953. The van der Waals surface area contributed by atoms with Gasteiger partial charge in [-0.25, -0.2) is 32.9 Å². The maximum atomic E-state index is 13.3. The number of likely N-dealkylation sites (N-methyl/N-ethyl adjacent to an activating group) is 2. The van der Waals surface area contributed by atoms with E-state index in [1.165, 1.54) is 69.1 Å². The number of nitrogens with one attached hydrogen (secondary N) is 8. The Balaban J connectivity index is 0.000000170. The zero-order valence-corrected chi connectivity index (χ0v) is 54.7. The zero-order valence-electron chi connectivity index (χ0n) is 53.9. The number of nitrogens with zero attached hydrogens (tertiary/aromatic N) is 6. The summed E-state index contributed by atoms with van der Waals surface area (Å²) in [5.74, 6) is -4.88. The molecule has 21 nitrogen and oxygen atoms in total. The fourth-order valence-corrected chi connectivity index (χ4v) is 10.6. The molecule has 0 bridgehead atoms. The third-order valence-electron chi connectivity index (χ3n) is 15.6. The van der Waals surface area contributed by atoms with Crippen LogP contribution >= 0.6 is 12.4 Å². The van der Waals surface area contributed by atoms with Gasteiger partial charge in [-0.15, -0.1) is 12.4 Å². The number of fused-ring (bicyclic) bond motifs is 3. The van der Waals surface area contributed by atoms with E-state index in [1.54, 1.807) is 91.8 Å². The lowest BCUT2D eigenvalue weighted by Gasteiger charge is -2.17. The number of benzene rings is 3. The van der Waals surface area contributed by atoms with Crippen LogP contribution in [0.4, 0.5) is 47.3 Å². The number of ether oxygens (including phenoxy) is 1. The highest BCUT2D eigenvalue weighted by Crippen LogP contribution is 2.38. The van der Waals surface area contributed by atoms with Gasteiger partial charge in [0, 0.05) is 104 Å². The predicted octanol–water partition coefficient (Wildman–Crippen LogP) is 14.5. The normalized spacial score (nSPS) is 10.9. The van der Waals surface area contributed by atoms with Crippen LogP contribution in [0.2, 0.25) is 0 Å². The predicted molar refractivity (Wildman–Crippen MR) is 370 cm³/mol. The van der Waals surface area contributed by atoms with E-state index in [0.717, 1.165) is 57.6 Å². The highest BCUT2D eigenvalue weighted by atomic mass is 35.5. The van der Waals surface area contributed by atoms with E-state index in [0.29, 0.717) is 67.2 Å². The molecule has 12 rings (SSSR count). The maximum Gasteiger partial charge on any atom is 0.379 e. The summed E-state index contributed by atoms with van der Waals surface area (Å²) in [6, 6.07) is 29.3. The number of aromatic nitrogens is 9. The van der Waals surface area contributed by atoms with Crippen molar-refractivity contribution >= 4 is 115 Å². The summed E-state index contributed by atoms with van der Waals surface area (Å²) in [5, 5.41) is 16.4. The highest BCUT2D eigenvalue weighted by Gasteiger charge is 2.26. The summed E-state index contributed by atoms with van der Waals surface area (Å²) in [6.45, 7) is 12.3. The Morgan fingerprint density at radius 1 is 0.402 bits per heavy atom. The van der Waals surface area contributed by atoms with Gasteiger partial charge in [0.1, 0.15) is 34.4 Å². The fraction of sp³-hybridized carbons (Fsp3) is 0.167. The smallest absolute Gasteiger partial charge is 0.379 e. The van der Waals surface area contributed by atoms with Crippen LogP contribution in [-0.2, 0) is 19.1 Å². The number of carbonyl (C=O) groups excluding carboxylic acids is 6. The summed E-state index contributed by atoms with van der Waals surface area (Å²) in [7, 11) is 3.99. The standard InChI is InChI=1S/2C24H22FN5O2.C24H21FN4O3.ClH/c2*1-13(2)16-11-28-19(14-4-6-15(25)7-5-14)10-20(16)30-18-8-9-27-23-21(18)17(12-29-23)22(31)24(32)26-3;1-13(2)16-11-27-19(14-4-6-15(25)7-5-14)10-20(16)29-18-8-9-26-23-21(18)17(12-28-23)22(30)24(31)32-3;/h2*4-13H,1-3H3,(H,26,32)(H2,27,28,29,30);4-13H,1-3H3,(H2,26,27,28,29);1H. The van der Waals surface area contributed by atoms with Gasteiger partial charge in [-0.05, 0) is 144 Å². The minimum absolute atomic E-state index is 0. The van der Waals surface area contributed by atoms with Gasteiger partial charge >= 0.3 is 5.97 Å². The highest BCUT2D eigenvalue weighted by molar-refractivity contribution is 6.46. The van der Waals surface area contributed by atoms with Crippen LogP contribution in [0.5, 0.6) is 0 Å². The van der Waals surface area contributed by atoms with E-state index >= 15 is 0 Å². The Bertz CT molecular complexity index is 4430. The first-order valence-electron chi connectivity index (χ1n) is 30.3. The average molecular weight is 1330 g/mol. The fourth-order valence-electron chi connectivity index (χ4n) is 10.6. The lowest BCUT2D eigenvalue weighted by atomic mass is 10.0. The van der Waals surface area contributed by atoms with Crippen molar-refractivity contribution in [2.75, 3.05) is 37.2 Å². The zero-order chi connectivity index (χ0) is 68.5. The number of pyridine rings is 6. The van der Waals surface area contributed by atoms with Crippen molar-refractivity contribution in [2.45, 2.75) is 59.3 Å². The average Bonchev–Trinajstić information content (AvgIpc) is 1.56. The second-order valence-corrected chi connectivity index (χ2v) is 22.8. The number of ketones is 3. The Labute approximate surface area is 560 Å². The van der Waals surface area contributed by atoms with Gasteiger partial charge < -0.3 is 46.3 Å². The molecule has 0 saturated heterocycles. The number of hydrogen-bond donors (Lipinski definition) is 8. The SMILES string of the molecule is CNC(=O)C(=O)c1c[nH]c2nccc(Nc3cc(-c4ccc(F)cc4)ncc3C(C)C)c12.CNC(=O)C(=O)c1c[nH]c2nccc(Nc3cc(-c4ccc(F)cc4)ncc3C(C)C)c12.COC(=O)C(=O)c1c[nH]c2nccc(Nc3cc(-c4ccc(F)cc4)ncc3C(C)C)c12.Cl. The summed E-state index contributed by atoms with van der Waals surface area (Å²) < 4.78 is 44.6. The van der Waals surface area contributed by atoms with Crippen LogP contribution in [0.25, 0.3) is 66.9 Å². The number of Topliss-reactive ketones (excluding diaryl/α,β-unsaturated/α-hetero) is 3. The molecule has 0 atom stereocenters. The summed E-state index contributed by atoms with van der Waals surface area (Å²) in [5.41, 5.74) is 13.5. The van der Waals surface area contributed by atoms with E-state index in [-0.39, 0.29) is 64.3 Å². The Hall–Kier alpha value is -11.9. The van der Waals surface area contributed by atoms with Crippen LogP contribution in [-0.4, -0.2) is 101 Å². The van der Waals surface area contributed by atoms with Gasteiger partial charge in [-0.3, -0.25) is 38.9 Å². The molecule has 0 unspecified atom stereocenters. The second-order valence-electron chi connectivity index (χ2n) is 22.8. The molecular formula is C72H66ClF3N14O7. The summed E-state index contributed by atoms with van der Waals surface area (Å²) in [4.78, 5) is 109. The molecule has 0 fully saturated rings. The van der Waals surface area contributed by atoms with Crippen molar-refractivity contribution in [1.29, 1.82) is 0 Å². The number of esters is 1. The van der Waals surface area contributed by atoms with E-state index < -0.39 is 35.1 Å². The Morgan fingerprint density at radius 2 is 0.680 bits per heavy atom. The maximum absolute atomic E-state index is 13.3. The van der Waals surface area contributed by atoms with Gasteiger partial charge in [0.25, 0.3) is 29.2 Å². The number of amides is 2. The molecule has 9 aromatic heterocycles. The number of halogens is 4. The Morgan fingerprint density at radius 3 is 0.938 bits per heavy atom. The summed E-state index contributed by atoms with van der Waals surface area (Å²) in [6.07, 6.45) is 14.6. The van der Waals surface area contributed by atoms with E-state index in [9.17, 15) is 41.9 Å². The molecule has 12 aromatic rings. The first-order chi connectivity index (χ1) is 46.2. The summed E-state index contributed by atoms with van der Waals surface area (Å²) >= 11 is 0. The molecule has 0 saturated carbocycles. The largest absolute Gasteiger partial charge is 0.463 e.